The molecule has 2 aromatic rings. The number of amides is 2. The smallest absolute Gasteiger partial charge is 0.322 e. The third kappa shape index (κ3) is 3.44. The fourth-order valence-electron chi connectivity index (χ4n) is 2.03. The molecular weight excluding hydrogens is 290 g/mol. The molecule has 0 radical (unpaired) electrons. The Labute approximate surface area is 127 Å². The molecule has 0 saturated carbocycles. The molecule has 5 nitrogen and oxygen atoms in total. The van der Waals surface area contributed by atoms with E-state index in [0.29, 0.717) is 29.7 Å². The molecule has 0 atom stereocenters. The van der Waals surface area contributed by atoms with E-state index in [1.54, 1.807) is 41.4 Å². The fraction of sp³-hybridized carbons (Fsp3) is 0.200. The van der Waals surface area contributed by atoms with E-state index in [2.05, 4.69) is 10.3 Å². The predicted octanol–water partition coefficient (Wildman–Crippen LogP) is 3.03. The van der Waals surface area contributed by atoms with Gasteiger partial charge < -0.3 is 15.0 Å². The van der Waals surface area contributed by atoms with Gasteiger partial charge in [-0.25, -0.2) is 9.78 Å². The quantitative estimate of drug-likeness (QED) is 0.948. The van der Waals surface area contributed by atoms with E-state index in [-0.39, 0.29) is 12.1 Å². The summed E-state index contributed by atoms with van der Waals surface area (Å²) in [6.45, 7) is 1.09. The van der Waals surface area contributed by atoms with E-state index in [4.69, 9.17) is 16.3 Å². The van der Waals surface area contributed by atoms with Crippen LogP contribution in [0.3, 0.4) is 0 Å². The molecule has 2 amide bonds. The minimum absolute atomic E-state index is 0.00925. The lowest BCUT2D eigenvalue weighted by molar-refractivity contribution is 0.0461. The molecule has 1 aliphatic heterocycles. The minimum Gasteiger partial charge on any atom is -0.471 e. The number of benzene rings is 1. The van der Waals surface area contributed by atoms with Crippen molar-refractivity contribution in [2.75, 3.05) is 18.4 Å². The van der Waals surface area contributed by atoms with Crippen molar-refractivity contribution < 1.29 is 9.53 Å². The molecule has 0 aliphatic carbocycles. The molecule has 1 N–H and O–H groups in total. The van der Waals surface area contributed by atoms with E-state index in [1.807, 2.05) is 12.1 Å². The summed E-state index contributed by atoms with van der Waals surface area (Å²) in [5.74, 6) is 0.581. The first kappa shape index (κ1) is 13.7. The number of pyridine rings is 1. The first-order valence-electron chi connectivity index (χ1n) is 6.60. The Morgan fingerprint density at radius 3 is 2.86 bits per heavy atom. The van der Waals surface area contributed by atoms with Crippen molar-refractivity contribution in [2.45, 2.75) is 6.10 Å². The van der Waals surface area contributed by atoms with Gasteiger partial charge in [-0.1, -0.05) is 23.7 Å². The van der Waals surface area contributed by atoms with Crippen LogP contribution in [0.4, 0.5) is 10.5 Å². The number of hydrogen-bond acceptors (Lipinski definition) is 3. The second kappa shape index (κ2) is 6.01. The molecule has 0 unspecified atom stereocenters. The third-order valence-electron chi connectivity index (χ3n) is 3.14. The highest BCUT2D eigenvalue weighted by Crippen LogP contribution is 2.19. The molecule has 0 spiro atoms. The molecule has 6 heteroatoms. The van der Waals surface area contributed by atoms with E-state index in [9.17, 15) is 4.79 Å². The average Bonchev–Trinajstić information content (AvgIpc) is 2.43. The highest BCUT2D eigenvalue weighted by Gasteiger charge is 2.32. The van der Waals surface area contributed by atoms with Crippen LogP contribution in [-0.2, 0) is 0 Å². The van der Waals surface area contributed by atoms with Crippen molar-refractivity contribution in [2.24, 2.45) is 0 Å². The van der Waals surface area contributed by atoms with E-state index in [0.717, 1.165) is 0 Å². The van der Waals surface area contributed by atoms with Crippen LogP contribution in [-0.4, -0.2) is 35.1 Å². The van der Waals surface area contributed by atoms with E-state index < -0.39 is 0 Å². The third-order valence-corrected chi connectivity index (χ3v) is 3.37. The molecule has 0 bridgehead atoms. The number of aromatic nitrogens is 1. The van der Waals surface area contributed by atoms with Gasteiger partial charge in [0.15, 0.2) is 0 Å². The summed E-state index contributed by atoms with van der Waals surface area (Å²) in [4.78, 5) is 17.8. The van der Waals surface area contributed by atoms with Crippen LogP contribution in [0.15, 0.2) is 48.7 Å². The number of urea groups is 1. The van der Waals surface area contributed by atoms with Crippen LogP contribution < -0.4 is 10.1 Å². The summed E-state index contributed by atoms with van der Waals surface area (Å²) in [7, 11) is 0. The van der Waals surface area contributed by atoms with E-state index in [1.165, 1.54) is 0 Å². The monoisotopic (exact) mass is 303 g/mol. The lowest BCUT2D eigenvalue weighted by Crippen LogP contribution is -2.57. The highest BCUT2D eigenvalue weighted by atomic mass is 35.5. The number of nitrogens with zero attached hydrogens (tertiary/aromatic N) is 2. The molecule has 108 valence electrons. The summed E-state index contributed by atoms with van der Waals surface area (Å²) in [6.07, 6.45) is 1.67. The standard InChI is InChI=1S/C15H14ClN3O2/c16-11-4-3-5-12(8-11)18-15(20)19-9-13(10-19)21-14-6-1-2-7-17-14/h1-8,13H,9-10H2,(H,18,20). The molecule has 1 saturated heterocycles. The van der Waals surface area contributed by atoms with Crippen LogP contribution in [0, 0.1) is 0 Å². The molecule has 21 heavy (non-hydrogen) atoms. The van der Waals surface area contributed by atoms with Crippen molar-refractivity contribution in [3.8, 4) is 5.88 Å². The zero-order valence-electron chi connectivity index (χ0n) is 11.2. The Bertz CT molecular complexity index is 630. The Hall–Kier alpha value is -2.27. The first-order valence-corrected chi connectivity index (χ1v) is 6.98. The number of nitrogens with one attached hydrogen (secondary N) is 1. The van der Waals surface area contributed by atoms with Crippen LogP contribution in [0.2, 0.25) is 5.02 Å². The highest BCUT2D eigenvalue weighted by molar-refractivity contribution is 6.30. The van der Waals surface area contributed by atoms with Gasteiger partial charge in [-0.15, -0.1) is 0 Å². The lowest BCUT2D eigenvalue weighted by atomic mass is 10.2. The van der Waals surface area contributed by atoms with Crippen molar-refractivity contribution in [1.82, 2.24) is 9.88 Å². The average molecular weight is 304 g/mol. The largest absolute Gasteiger partial charge is 0.471 e. The molecule has 1 aromatic carbocycles. The summed E-state index contributed by atoms with van der Waals surface area (Å²) in [5, 5.41) is 3.39. The molecule has 1 aromatic heterocycles. The van der Waals surface area contributed by atoms with Gasteiger partial charge in [0, 0.05) is 23.0 Å². The Morgan fingerprint density at radius 2 is 2.14 bits per heavy atom. The maximum absolute atomic E-state index is 12.0. The molecule has 2 heterocycles. The van der Waals surface area contributed by atoms with Crippen LogP contribution in [0.25, 0.3) is 0 Å². The summed E-state index contributed by atoms with van der Waals surface area (Å²) >= 11 is 5.88. The summed E-state index contributed by atoms with van der Waals surface area (Å²) in [6, 6.07) is 12.4. The molecular formula is C15H14ClN3O2. The van der Waals surface area contributed by atoms with Crippen LogP contribution in [0.5, 0.6) is 5.88 Å². The molecule has 1 fully saturated rings. The van der Waals surface area contributed by atoms with Gasteiger partial charge in [-0.05, 0) is 24.3 Å². The van der Waals surface area contributed by atoms with Crippen LogP contribution >= 0.6 is 11.6 Å². The zero-order valence-corrected chi connectivity index (χ0v) is 12.0. The van der Waals surface area contributed by atoms with Gasteiger partial charge in [0.2, 0.25) is 5.88 Å². The second-order valence-corrected chi connectivity index (χ2v) is 5.19. The number of hydrogen-bond donors (Lipinski definition) is 1. The number of carbonyl (C=O) groups is 1. The Morgan fingerprint density at radius 1 is 1.29 bits per heavy atom. The predicted molar refractivity (Wildman–Crippen MR) is 80.7 cm³/mol. The number of halogens is 1. The number of likely N-dealkylation sites (tertiary alicyclic amines) is 1. The van der Waals surface area contributed by atoms with E-state index >= 15 is 0 Å². The minimum atomic E-state index is -0.155. The maximum Gasteiger partial charge on any atom is 0.322 e. The first-order chi connectivity index (χ1) is 10.2. The number of carbonyl (C=O) groups excluding carboxylic acids is 1. The van der Waals surface area contributed by atoms with Gasteiger partial charge in [-0.3, -0.25) is 0 Å². The van der Waals surface area contributed by atoms with Gasteiger partial charge in [-0.2, -0.15) is 0 Å². The number of anilines is 1. The zero-order chi connectivity index (χ0) is 14.7. The topological polar surface area (TPSA) is 54.5 Å². The van der Waals surface area contributed by atoms with Crippen molar-refractivity contribution in [3.05, 3.63) is 53.7 Å². The number of rotatable bonds is 3. The summed E-state index contributed by atoms with van der Waals surface area (Å²) < 4.78 is 5.65. The molecule has 3 rings (SSSR count). The van der Waals surface area contributed by atoms with Gasteiger partial charge in [0.05, 0.1) is 13.1 Å². The maximum atomic E-state index is 12.0. The fourth-order valence-corrected chi connectivity index (χ4v) is 2.23. The van der Waals surface area contributed by atoms with Crippen LogP contribution in [0.1, 0.15) is 0 Å². The molecule has 1 aliphatic rings. The number of ether oxygens (including phenoxy) is 1. The normalized spacial score (nSPS) is 14.4. The Kier molecular flexibility index (Phi) is 3.92. The van der Waals surface area contributed by atoms with Gasteiger partial charge in [0.1, 0.15) is 6.10 Å². The van der Waals surface area contributed by atoms with Crippen molar-refractivity contribution in [1.29, 1.82) is 0 Å². The SMILES string of the molecule is O=C(Nc1cccc(Cl)c1)N1CC(Oc2ccccn2)C1. The van der Waals surface area contributed by atoms with Gasteiger partial charge >= 0.3 is 6.03 Å². The Balaban J connectivity index is 1.48. The summed E-state index contributed by atoms with van der Waals surface area (Å²) in [5.41, 5.74) is 0.682. The van der Waals surface area contributed by atoms with Crippen molar-refractivity contribution >= 4 is 23.3 Å². The lowest BCUT2D eigenvalue weighted by Gasteiger charge is -2.38. The van der Waals surface area contributed by atoms with Gasteiger partial charge in [0.25, 0.3) is 0 Å². The van der Waals surface area contributed by atoms with Crippen molar-refractivity contribution in [3.63, 3.8) is 0 Å². The second-order valence-electron chi connectivity index (χ2n) is 4.75.